The number of nitrogens with one attached hydrogen (secondary N) is 2. The smallest absolute Gasteiger partial charge is 0.308 e. The Bertz CT molecular complexity index is 405. The molecule has 0 spiro atoms. The van der Waals surface area contributed by atoms with Gasteiger partial charge in [-0.2, -0.15) is 0 Å². The van der Waals surface area contributed by atoms with Crippen molar-refractivity contribution in [2.45, 2.75) is 6.92 Å². The summed E-state index contributed by atoms with van der Waals surface area (Å²) in [4.78, 5) is 21.7. The van der Waals surface area contributed by atoms with Gasteiger partial charge in [0.15, 0.2) is 5.69 Å². The first-order chi connectivity index (χ1) is 8.04. The number of amides is 1. The number of rotatable bonds is 5. The van der Waals surface area contributed by atoms with Crippen molar-refractivity contribution in [3.05, 3.63) is 17.8 Å². The minimum atomic E-state index is -0.882. The van der Waals surface area contributed by atoms with E-state index in [0.29, 0.717) is 5.82 Å². The van der Waals surface area contributed by atoms with Gasteiger partial charge in [0.25, 0.3) is 5.91 Å². The molecule has 7 nitrogen and oxygen atoms in total. The van der Waals surface area contributed by atoms with E-state index in [-0.39, 0.29) is 18.1 Å². The molecule has 0 saturated heterocycles. The van der Waals surface area contributed by atoms with Crippen LogP contribution in [0.2, 0.25) is 0 Å². The number of nitrogens with zero attached hydrogens (tertiary/aromatic N) is 2. The summed E-state index contributed by atoms with van der Waals surface area (Å²) in [6.45, 7) is 1.84. The molecule has 92 valence electrons. The lowest BCUT2D eigenvalue weighted by Gasteiger charge is -2.08. The van der Waals surface area contributed by atoms with Crippen molar-refractivity contribution in [3.63, 3.8) is 0 Å². The molecule has 0 aliphatic carbocycles. The summed E-state index contributed by atoms with van der Waals surface area (Å²) < 4.78 is 0. The molecule has 0 saturated carbocycles. The molecule has 0 bridgehead atoms. The van der Waals surface area contributed by atoms with E-state index >= 15 is 0 Å². The zero-order valence-corrected chi connectivity index (χ0v) is 9.60. The van der Waals surface area contributed by atoms with Crippen LogP contribution in [-0.4, -0.2) is 40.8 Å². The second-order valence-electron chi connectivity index (χ2n) is 3.50. The predicted octanol–water partition coefficient (Wildman–Crippen LogP) is -0.0312. The molecule has 0 radical (unpaired) electrons. The summed E-state index contributed by atoms with van der Waals surface area (Å²) in [5.41, 5.74) is 0.212. The maximum absolute atomic E-state index is 11.2. The van der Waals surface area contributed by atoms with Gasteiger partial charge in [-0.05, 0) is 12.1 Å². The minimum absolute atomic E-state index is 0.212. The van der Waals surface area contributed by atoms with Crippen LogP contribution in [0.5, 0.6) is 0 Å². The molecule has 1 atom stereocenters. The van der Waals surface area contributed by atoms with Gasteiger partial charge in [-0.25, -0.2) is 0 Å². The van der Waals surface area contributed by atoms with Crippen LogP contribution < -0.4 is 10.6 Å². The lowest BCUT2D eigenvalue weighted by molar-refractivity contribution is -0.140. The topological polar surface area (TPSA) is 104 Å². The Morgan fingerprint density at radius 2 is 2.12 bits per heavy atom. The summed E-state index contributed by atoms with van der Waals surface area (Å²) >= 11 is 0. The fourth-order valence-electron chi connectivity index (χ4n) is 1.02. The van der Waals surface area contributed by atoms with E-state index in [1.54, 1.807) is 13.0 Å². The standard InChI is InChI=1S/C10H14N4O3/c1-6(10(16)17)5-12-8-4-3-7(13-14-8)9(15)11-2/h3-4,6H,5H2,1-2H3,(H,11,15)(H,12,14)(H,16,17). The fraction of sp³-hybridized carbons (Fsp3) is 0.400. The van der Waals surface area contributed by atoms with Gasteiger partial charge in [0.1, 0.15) is 5.82 Å². The average Bonchev–Trinajstić information content (AvgIpc) is 2.35. The van der Waals surface area contributed by atoms with Crippen molar-refractivity contribution in [2.75, 3.05) is 18.9 Å². The van der Waals surface area contributed by atoms with Crippen molar-refractivity contribution in [3.8, 4) is 0 Å². The zero-order valence-electron chi connectivity index (χ0n) is 9.60. The van der Waals surface area contributed by atoms with Crippen LogP contribution in [0, 0.1) is 5.92 Å². The largest absolute Gasteiger partial charge is 0.481 e. The average molecular weight is 238 g/mol. The number of anilines is 1. The summed E-state index contributed by atoms with van der Waals surface area (Å²) in [5.74, 6) is -1.28. The van der Waals surface area contributed by atoms with Crippen LogP contribution in [0.25, 0.3) is 0 Å². The number of carboxylic acid groups (broad SMARTS) is 1. The lowest BCUT2D eigenvalue weighted by Crippen LogP contribution is -2.21. The zero-order chi connectivity index (χ0) is 12.8. The molecule has 0 aliphatic rings. The van der Waals surface area contributed by atoms with Crippen molar-refractivity contribution in [1.82, 2.24) is 15.5 Å². The molecule has 1 unspecified atom stereocenters. The van der Waals surface area contributed by atoms with Crippen LogP contribution in [0.3, 0.4) is 0 Å². The van der Waals surface area contributed by atoms with Gasteiger partial charge in [0.05, 0.1) is 5.92 Å². The highest BCUT2D eigenvalue weighted by atomic mass is 16.4. The van der Waals surface area contributed by atoms with Gasteiger partial charge >= 0.3 is 5.97 Å². The second kappa shape index (κ2) is 5.78. The van der Waals surface area contributed by atoms with Crippen molar-refractivity contribution >= 4 is 17.7 Å². The van der Waals surface area contributed by atoms with Gasteiger partial charge in [0, 0.05) is 13.6 Å². The van der Waals surface area contributed by atoms with Crippen LogP contribution in [-0.2, 0) is 4.79 Å². The van der Waals surface area contributed by atoms with E-state index in [4.69, 9.17) is 5.11 Å². The SMILES string of the molecule is CNC(=O)c1ccc(NCC(C)C(=O)O)nn1. The highest BCUT2D eigenvalue weighted by molar-refractivity contribution is 5.91. The van der Waals surface area contributed by atoms with E-state index in [0.717, 1.165) is 0 Å². The molecular weight excluding hydrogens is 224 g/mol. The van der Waals surface area contributed by atoms with E-state index in [1.165, 1.54) is 13.1 Å². The lowest BCUT2D eigenvalue weighted by atomic mass is 10.2. The summed E-state index contributed by atoms with van der Waals surface area (Å²) in [7, 11) is 1.50. The Hall–Kier alpha value is -2.18. The van der Waals surface area contributed by atoms with Crippen LogP contribution in [0.15, 0.2) is 12.1 Å². The van der Waals surface area contributed by atoms with Crippen molar-refractivity contribution < 1.29 is 14.7 Å². The monoisotopic (exact) mass is 238 g/mol. The minimum Gasteiger partial charge on any atom is -0.481 e. The molecular formula is C10H14N4O3. The first-order valence-electron chi connectivity index (χ1n) is 5.07. The summed E-state index contributed by atoms with van der Waals surface area (Å²) in [5, 5.41) is 21.4. The molecule has 3 N–H and O–H groups in total. The highest BCUT2D eigenvalue weighted by Gasteiger charge is 2.11. The number of hydrogen-bond donors (Lipinski definition) is 3. The van der Waals surface area contributed by atoms with Crippen LogP contribution in [0.4, 0.5) is 5.82 Å². The number of aromatic nitrogens is 2. The first kappa shape index (κ1) is 12.9. The Morgan fingerprint density at radius 1 is 1.41 bits per heavy atom. The molecule has 1 aromatic rings. The Kier molecular flexibility index (Phi) is 4.38. The molecule has 1 heterocycles. The molecule has 1 amide bonds. The third-order valence-corrected chi connectivity index (χ3v) is 2.14. The maximum Gasteiger partial charge on any atom is 0.308 e. The van der Waals surface area contributed by atoms with Gasteiger partial charge in [-0.15, -0.1) is 10.2 Å². The molecule has 0 aromatic carbocycles. The molecule has 0 aliphatic heterocycles. The van der Waals surface area contributed by atoms with E-state index < -0.39 is 11.9 Å². The van der Waals surface area contributed by atoms with Gasteiger partial charge < -0.3 is 15.7 Å². The number of carbonyl (C=O) groups is 2. The van der Waals surface area contributed by atoms with Crippen molar-refractivity contribution in [2.24, 2.45) is 5.92 Å². The molecule has 7 heteroatoms. The maximum atomic E-state index is 11.2. The van der Waals surface area contributed by atoms with E-state index in [1.807, 2.05) is 0 Å². The Morgan fingerprint density at radius 3 is 2.59 bits per heavy atom. The van der Waals surface area contributed by atoms with Gasteiger partial charge in [-0.3, -0.25) is 9.59 Å². The molecule has 17 heavy (non-hydrogen) atoms. The number of carbonyl (C=O) groups excluding carboxylic acids is 1. The van der Waals surface area contributed by atoms with E-state index in [2.05, 4.69) is 20.8 Å². The van der Waals surface area contributed by atoms with Gasteiger partial charge in [-0.1, -0.05) is 6.92 Å². The third kappa shape index (κ3) is 3.71. The second-order valence-corrected chi connectivity index (χ2v) is 3.50. The molecule has 1 rings (SSSR count). The number of aliphatic carboxylic acids is 1. The normalized spacial score (nSPS) is 11.6. The summed E-state index contributed by atoms with van der Waals surface area (Å²) in [6.07, 6.45) is 0. The number of carboxylic acids is 1. The first-order valence-corrected chi connectivity index (χ1v) is 5.07. The van der Waals surface area contributed by atoms with Crippen molar-refractivity contribution in [1.29, 1.82) is 0 Å². The Balaban J connectivity index is 2.57. The van der Waals surface area contributed by atoms with E-state index in [9.17, 15) is 9.59 Å². The third-order valence-electron chi connectivity index (χ3n) is 2.14. The van der Waals surface area contributed by atoms with Crippen LogP contribution in [0.1, 0.15) is 17.4 Å². The Labute approximate surface area is 98.2 Å². The molecule has 1 aromatic heterocycles. The van der Waals surface area contributed by atoms with Gasteiger partial charge in [0.2, 0.25) is 0 Å². The van der Waals surface area contributed by atoms with Crippen LogP contribution >= 0.6 is 0 Å². The summed E-state index contributed by atoms with van der Waals surface area (Å²) in [6, 6.07) is 3.09. The fourth-order valence-corrected chi connectivity index (χ4v) is 1.02. The quantitative estimate of drug-likeness (QED) is 0.665. The molecule has 0 fully saturated rings. The number of hydrogen-bond acceptors (Lipinski definition) is 5. The highest BCUT2D eigenvalue weighted by Crippen LogP contribution is 2.03. The predicted molar refractivity (Wildman–Crippen MR) is 60.7 cm³/mol.